The summed E-state index contributed by atoms with van der Waals surface area (Å²) in [7, 11) is 0. The molecule has 1 aliphatic carbocycles. The third-order valence-electron chi connectivity index (χ3n) is 3.42. The molecule has 0 unspecified atom stereocenters. The molecule has 1 aliphatic rings. The molecule has 0 atom stereocenters. The third kappa shape index (κ3) is 3.21. The second-order valence-electron chi connectivity index (χ2n) is 5.74. The molecule has 0 radical (unpaired) electrons. The van der Waals surface area contributed by atoms with Crippen LogP contribution in [0.4, 0.5) is 17.1 Å². The quantitative estimate of drug-likeness (QED) is 0.610. The smallest absolute Gasteiger partial charge is 0.315 e. The van der Waals surface area contributed by atoms with Gasteiger partial charge in [0, 0.05) is 19.1 Å². The van der Waals surface area contributed by atoms with E-state index in [4.69, 9.17) is 0 Å². The Morgan fingerprint density at radius 1 is 1.45 bits per heavy atom. The van der Waals surface area contributed by atoms with Gasteiger partial charge >= 0.3 is 5.69 Å². The number of nitrogens with zero attached hydrogens (tertiary/aromatic N) is 2. The van der Waals surface area contributed by atoms with E-state index in [9.17, 15) is 10.1 Å². The van der Waals surface area contributed by atoms with Crippen molar-refractivity contribution in [2.75, 3.05) is 23.3 Å². The SMILES string of the molecule is CCNc1cccc(N(CC(C)C)C2CC2)c1[N+](=O)[O-]. The molecule has 1 aromatic rings. The van der Waals surface area contributed by atoms with Crippen LogP contribution in [-0.2, 0) is 0 Å². The van der Waals surface area contributed by atoms with Crippen molar-refractivity contribution < 1.29 is 4.92 Å². The lowest BCUT2D eigenvalue weighted by atomic mass is 10.1. The zero-order valence-corrected chi connectivity index (χ0v) is 12.4. The number of benzene rings is 1. The highest BCUT2D eigenvalue weighted by atomic mass is 16.6. The minimum absolute atomic E-state index is 0.210. The molecule has 0 aliphatic heterocycles. The van der Waals surface area contributed by atoms with E-state index in [-0.39, 0.29) is 10.6 Å². The Morgan fingerprint density at radius 3 is 2.65 bits per heavy atom. The van der Waals surface area contributed by atoms with Gasteiger partial charge in [0.05, 0.1) is 4.92 Å². The Bertz CT molecular complexity index is 484. The molecule has 0 amide bonds. The molecule has 110 valence electrons. The first kappa shape index (κ1) is 14.6. The molecule has 0 spiro atoms. The van der Waals surface area contributed by atoms with Gasteiger partial charge in [-0.05, 0) is 37.8 Å². The van der Waals surface area contributed by atoms with Crippen LogP contribution in [0.3, 0.4) is 0 Å². The van der Waals surface area contributed by atoms with Gasteiger partial charge in [-0.15, -0.1) is 0 Å². The molecule has 1 aromatic carbocycles. The van der Waals surface area contributed by atoms with Crippen LogP contribution in [0.2, 0.25) is 0 Å². The van der Waals surface area contributed by atoms with E-state index >= 15 is 0 Å². The summed E-state index contributed by atoms with van der Waals surface area (Å²) in [6, 6.07) is 6.02. The molecule has 0 saturated heterocycles. The van der Waals surface area contributed by atoms with E-state index in [1.165, 1.54) is 0 Å². The maximum atomic E-state index is 11.5. The van der Waals surface area contributed by atoms with E-state index in [0.29, 0.717) is 24.2 Å². The Balaban J connectivity index is 2.42. The lowest BCUT2D eigenvalue weighted by Crippen LogP contribution is -2.30. The number of hydrogen-bond acceptors (Lipinski definition) is 4. The van der Waals surface area contributed by atoms with Gasteiger partial charge in [-0.2, -0.15) is 0 Å². The van der Waals surface area contributed by atoms with Gasteiger partial charge in [-0.25, -0.2) is 0 Å². The summed E-state index contributed by atoms with van der Waals surface area (Å²) < 4.78 is 0. The highest BCUT2D eigenvalue weighted by Crippen LogP contribution is 2.41. The molecule has 5 heteroatoms. The summed E-state index contributed by atoms with van der Waals surface area (Å²) in [5, 5.41) is 14.6. The number of para-hydroxylation sites is 1. The fourth-order valence-electron chi connectivity index (χ4n) is 2.51. The lowest BCUT2D eigenvalue weighted by molar-refractivity contribution is -0.383. The first-order chi connectivity index (χ1) is 9.54. The number of nitrogens with one attached hydrogen (secondary N) is 1. The average Bonchev–Trinajstić information content (AvgIpc) is 3.19. The summed E-state index contributed by atoms with van der Waals surface area (Å²) in [5.41, 5.74) is 1.58. The van der Waals surface area contributed by atoms with E-state index in [0.717, 1.165) is 25.1 Å². The normalized spacial score (nSPS) is 14.4. The summed E-state index contributed by atoms with van der Waals surface area (Å²) >= 11 is 0. The molecule has 1 fully saturated rings. The monoisotopic (exact) mass is 277 g/mol. The lowest BCUT2D eigenvalue weighted by Gasteiger charge is -2.27. The Hall–Kier alpha value is -1.78. The Labute approximate surface area is 120 Å². The molecule has 5 nitrogen and oxygen atoms in total. The zero-order chi connectivity index (χ0) is 14.7. The van der Waals surface area contributed by atoms with Gasteiger partial charge in [0.25, 0.3) is 0 Å². The first-order valence-electron chi connectivity index (χ1n) is 7.32. The Kier molecular flexibility index (Phi) is 4.47. The largest absolute Gasteiger partial charge is 0.380 e. The van der Waals surface area contributed by atoms with Crippen LogP contribution in [0.15, 0.2) is 18.2 Å². The molecule has 0 bridgehead atoms. The van der Waals surface area contributed by atoms with E-state index in [1.54, 1.807) is 6.07 Å². The number of rotatable bonds is 7. The molecule has 1 saturated carbocycles. The van der Waals surface area contributed by atoms with Gasteiger partial charge in [-0.3, -0.25) is 10.1 Å². The number of nitro groups is 1. The maximum absolute atomic E-state index is 11.5. The van der Waals surface area contributed by atoms with Crippen molar-refractivity contribution >= 4 is 17.1 Å². The zero-order valence-electron chi connectivity index (χ0n) is 12.4. The fourth-order valence-corrected chi connectivity index (χ4v) is 2.51. The Morgan fingerprint density at radius 2 is 2.15 bits per heavy atom. The fraction of sp³-hybridized carbons (Fsp3) is 0.600. The van der Waals surface area contributed by atoms with Gasteiger partial charge in [0.1, 0.15) is 11.4 Å². The van der Waals surface area contributed by atoms with Crippen LogP contribution < -0.4 is 10.2 Å². The van der Waals surface area contributed by atoms with Crippen LogP contribution in [0.1, 0.15) is 33.6 Å². The molecule has 0 aromatic heterocycles. The van der Waals surface area contributed by atoms with Crippen LogP contribution in [0.5, 0.6) is 0 Å². The number of nitro benzene ring substituents is 1. The summed E-state index contributed by atoms with van der Waals surface area (Å²) in [5.74, 6) is 0.484. The molecule has 0 heterocycles. The molecule has 20 heavy (non-hydrogen) atoms. The van der Waals surface area contributed by atoms with E-state index in [1.807, 2.05) is 19.1 Å². The van der Waals surface area contributed by atoms with Gasteiger partial charge in [0.2, 0.25) is 0 Å². The van der Waals surface area contributed by atoms with Crippen molar-refractivity contribution in [1.82, 2.24) is 0 Å². The third-order valence-corrected chi connectivity index (χ3v) is 3.42. The second-order valence-corrected chi connectivity index (χ2v) is 5.74. The summed E-state index contributed by atoms with van der Waals surface area (Å²) in [6.07, 6.45) is 2.27. The van der Waals surface area contributed by atoms with Crippen molar-refractivity contribution in [2.24, 2.45) is 5.92 Å². The molecular formula is C15H23N3O2. The molecule has 2 rings (SSSR count). The van der Waals surface area contributed by atoms with Crippen LogP contribution in [0.25, 0.3) is 0 Å². The van der Waals surface area contributed by atoms with Gasteiger partial charge < -0.3 is 10.2 Å². The summed E-state index contributed by atoms with van der Waals surface area (Å²) in [6.45, 7) is 7.78. The van der Waals surface area contributed by atoms with Crippen LogP contribution in [0, 0.1) is 16.0 Å². The second kappa shape index (κ2) is 6.11. The highest BCUT2D eigenvalue weighted by molar-refractivity contribution is 5.77. The van der Waals surface area contributed by atoms with Crippen molar-refractivity contribution in [3.05, 3.63) is 28.3 Å². The van der Waals surface area contributed by atoms with Crippen molar-refractivity contribution in [3.63, 3.8) is 0 Å². The minimum Gasteiger partial charge on any atom is -0.380 e. The predicted octanol–water partition coefficient (Wildman–Crippen LogP) is 3.65. The number of hydrogen-bond donors (Lipinski definition) is 1. The van der Waals surface area contributed by atoms with Crippen molar-refractivity contribution in [1.29, 1.82) is 0 Å². The van der Waals surface area contributed by atoms with Gasteiger partial charge in [-0.1, -0.05) is 19.9 Å². The minimum atomic E-state index is -0.261. The molecular weight excluding hydrogens is 254 g/mol. The maximum Gasteiger partial charge on any atom is 0.315 e. The first-order valence-corrected chi connectivity index (χ1v) is 7.32. The van der Waals surface area contributed by atoms with Crippen molar-refractivity contribution in [3.8, 4) is 0 Å². The predicted molar refractivity (Wildman–Crippen MR) is 82.5 cm³/mol. The van der Waals surface area contributed by atoms with Crippen LogP contribution in [-0.4, -0.2) is 24.1 Å². The average molecular weight is 277 g/mol. The van der Waals surface area contributed by atoms with E-state index < -0.39 is 0 Å². The topological polar surface area (TPSA) is 58.4 Å². The van der Waals surface area contributed by atoms with Crippen molar-refractivity contribution in [2.45, 2.75) is 39.7 Å². The van der Waals surface area contributed by atoms with Gasteiger partial charge in [0.15, 0.2) is 0 Å². The highest BCUT2D eigenvalue weighted by Gasteiger charge is 2.34. The van der Waals surface area contributed by atoms with E-state index in [2.05, 4.69) is 24.1 Å². The standard InChI is InChI=1S/C15H23N3O2/c1-4-16-13-6-5-7-14(15(13)18(19)20)17(10-11(2)3)12-8-9-12/h5-7,11-12,16H,4,8-10H2,1-3H3. The summed E-state index contributed by atoms with van der Waals surface area (Å²) in [4.78, 5) is 13.4. The molecule has 1 N–H and O–H groups in total. The number of anilines is 2. The van der Waals surface area contributed by atoms with Crippen LogP contribution >= 0.6 is 0 Å².